The number of urea groups is 1. The van der Waals surface area contributed by atoms with Crippen molar-refractivity contribution >= 4 is 50.1 Å². The molecule has 54 heavy (non-hydrogen) atoms. The number of fused-ring (bicyclic) bond motifs is 3. The molecule has 2 aliphatic heterocycles. The Bertz CT molecular complexity index is 2130. The summed E-state index contributed by atoms with van der Waals surface area (Å²) in [6.45, 7) is 10.2. The fraction of sp³-hybridized carbons (Fsp3) is 0.564. The number of carbonyl (C=O) groups is 3. The molecule has 0 radical (unpaired) electrons. The van der Waals surface area contributed by atoms with Crippen molar-refractivity contribution in [2.24, 2.45) is 11.8 Å². The van der Waals surface area contributed by atoms with E-state index in [0.717, 1.165) is 40.9 Å². The van der Waals surface area contributed by atoms with Crippen LogP contribution in [-0.4, -0.2) is 95.7 Å². The van der Waals surface area contributed by atoms with E-state index in [4.69, 9.17) is 19.4 Å². The maximum Gasteiger partial charge on any atom is 0.320 e. The summed E-state index contributed by atoms with van der Waals surface area (Å²) < 4.78 is 40.1. The molecule has 2 saturated carbocycles. The SMILES string of the molecule is COc1ccc2c(O[C@H]3CN4C(=O)N(C)CCCC/C=C\[C@@H]5C[C@@]5(C(=O)NS(=O)(=O)C5(C)CC5)NC(=O)[C@@H]4[C@@H]3C)cc(-c3csc(C(C)C)n3)nc2c1C. The topological polar surface area (TPSA) is 160 Å². The molecule has 4 amide bonds. The number of sulfonamides is 1. The van der Waals surface area contributed by atoms with Crippen molar-refractivity contribution < 1.29 is 32.3 Å². The third-order valence-corrected chi connectivity index (χ3v) is 14.9. The molecule has 5 atom stereocenters. The molecule has 0 unspecified atom stereocenters. The molecule has 7 rings (SSSR count). The molecular formula is C39H50N6O7S2. The second-order valence-corrected chi connectivity index (χ2v) is 19.0. The van der Waals surface area contributed by atoms with Crippen LogP contribution in [-0.2, 0) is 19.6 Å². The van der Waals surface area contributed by atoms with Crippen LogP contribution in [0.5, 0.6) is 11.5 Å². The van der Waals surface area contributed by atoms with Crippen molar-refractivity contribution in [3.05, 3.63) is 46.3 Å². The summed E-state index contributed by atoms with van der Waals surface area (Å²) in [5, 5.41) is 6.68. The first-order valence-corrected chi connectivity index (χ1v) is 21.1. The number of allylic oxidation sites excluding steroid dienone is 1. The minimum atomic E-state index is -3.95. The minimum absolute atomic E-state index is 0.111. The molecule has 3 aromatic rings. The van der Waals surface area contributed by atoms with Crippen LogP contribution in [0.2, 0.25) is 0 Å². The van der Waals surface area contributed by atoms with E-state index in [1.165, 1.54) is 4.90 Å². The average Bonchev–Trinajstić information content (AvgIpc) is 3.94. The van der Waals surface area contributed by atoms with Crippen LogP contribution in [0.25, 0.3) is 22.3 Å². The van der Waals surface area contributed by atoms with Gasteiger partial charge in [-0.2, -0.15) is 0 Å². The van der Waals surface area contributed by atoms with Crippen LogP contribution in [0.15, 0.2) is 35.7 Å². The van der Waals surface area contributed by atoms with E-state index in [1.807, 2.05) is 49.6 Å². The van der Waals surface area contributed by atoms with Crippen molar-refractivity contribution in [1.29, 1.82) is 0 Å². The maximum atomic E-state index is 14.5. The molecule has 4 aliphatic rings. The predicted molar refractivity (Wildman–Crippen MR) is 207 cm³/mol. The Balaban J connectivity index is 1.24. The second kappa shape index (κ2) is 14.1. The molecular weight excluding hydrogens is 729 g/mol. The van der Waals surface area contributed by atoms with E-state index in [9.17, 15) is 22.8 Å². The van der Waals surface area contributed by atoms with Gasteiger partial charge in [0.1, 0.15) is 29.2 Å². The molecule has 15 heteroatoms. The molecule has 3 fully saturated rings. The lowest BCUT2D eigenvalue weighted by Gasteiger charge is -2.31. The number of benzene rings is 1. The number of ether oxygens (including phenoxy) is 2. The fourth-order valence-electron chi connectivity index (χ4n) is 7.59. The van der Waals surface area contributed by atoms with Crippen molar-refractivity contribution in [1.82, 2.24) is 29.8 Å². The summed E-state index contributed by atoms with van der Waals surface area (Å²) in [4.78, 5) is 55.5. The van der Waals surface area contributed by atoms with Gasteiger partial charge in [-0.15, -0.1) is 11.3 Å². The van der Waals surface area contributed by atoms with Crippen LogP contribution in [0, 0.1) is 18.8 Å². The number of carbonyl (C=O) groups excluding carboxylic acids is 3. The first-order chi connectivity index (χ1) is 25.6. The number of nitrogens with zero attached hydrogens (tertiary/aromatic N) is 4. The highest BCUT2D eigenvalue weighted by Gasteiger charge is 2.63. The molecule has 0 bridgehead atoms. The van der Waals surface area contributed by atoms with Gasteiger partial charge in [-0.1, -0.05) is 32.9 Å². The second-order valence-electron chi connectivity index (χ2n) is 15.9. The number of pyridine rings is 1. The highest BCUT2D eigenvalue weighted by atomic mass is 32.2. The van der Waals surface area contributed by atoms with Crippen molar-refractivity contribution in [2.45, 2.75) is 101 Å². The Kier molecular flexibility index (Phi) is 9.95. The number of hydrogen-bond acceptors (Lipinski definition) is 10. The Morgan fingerprint density at radius 3 is 2.57 bits per heavy atom. The number of methoxy groups -OCH3 is 1. The lowest BCUT2D eigenvalue weighted by molar-refractivity contribution is -0.132. The first-order valence-electron chi connectivity index (χ1n) is 18.8. The highest BCUT2D eigenvalue weighted by molar-refractivity contribution is 7.91. The molecule has 2 N–H and O–H groups in total. The van der Waals surface area contributed by atoms with Gasteiger partial charge >= 0.3 is 6.03 Å². The highest BCUT2D eigenvalue weighted by Crippen LogP contribution is 2.48. The Labute approximate surface area is 320 Å². The van der Waals surface area contributed by atoms with E-state index in [1.54, 1.807) is 37.3 Å². The Morgan fingerprint density at radius 2 is 1.89 bits per heavy atom. The number of rotatable bonds is 8. The molecule has 13 nitrogen and oxygen atoms in total. The van der Waals surface area contributed by atoms with Crippen LogP contribution in [0.3, 0.4) is 0 Å². The molecule has 0 spiro atoms. The van der Waals surface area contributed by atoms with E-state index in [-0.39, 0.29) is 30.8 Å². The van der Waals surface area contributed by atoms with Crippen molar-refractivity contribution in [3.8, 4) is 22.9 Å². The first kappa shape index (κ1) is 38.1. The lowest BCUT2D eigenvalue weighted by atomic mass is 9.98. The summed E-state index contributed by atoms with van der Waals surface area (Å²) in [6.07, 6.45) is 6.76. The number of nitrogens with one attached hydrogen (secondary N) is 2. The van der Waals surface area contributed by atoms with Gasteiger partial charge in [-0.25, -0.2) is 23.2 Å². The predicted octanol–water partition coefficient (Wildman–Crippen LogP) is 5.53. The van der Waals surface area contributed by atoms with Crippen molar-refractivity contribution in [3.63, 3.8) is 0 Å². The zero-order valence-electron chi connectivity index (χ0n) is 32.0. The molecule has 1 aromatic carbocycles. The fourth-order valence-corrected chi connectivity index (χ4v) is 9.73. The van der Waals surface area contributed by atoms with Gasteiger partial charge in [0.2, 0.25) is 15.9 Å². The summed E-state index contributed by atoms with van der Waals surface area (Å²) in [5.41, 5.74) is 1.42. The summed E-state index contributed by atoms with van der Waals surface area (Å²) in [5.74, 6) is -0.713. The Morgan fingerprint density at radius 1 is 1.13 bits per heavy atom. The van der Waals surface area contributed by atoms with Crippen molar-refractivity contribution in [2.75, 3.05) is 27.2 Å². The zero-order valence-corrected chi connectivity index (χ0v) is 33.6. The smallest absolute Gasteiger partial charge is 0.320 e. The monoisotopic (exact) mass is 778 g/mol. The summed E-state index contributed by atoms with van der Waals surface area (Å²) in [6, 6.07) is 4.31. The zero-order chi connectivity index (χ0) is 38.7. The van der Waals surface area contributed by atoms with Crippen LogP contribution < -0.4 is 19.5 Å². The van der Waals surface area contributed by atoms with Crippen LogP contribution in [0.1, 0.15) is 82.7 Å². The van der Waals surface area contributed by atoms with E-state index in [2.05, 4.69) is 23.9 Å². The summed E-state index contributed by atoms with van der Waals surface area (Å²) in [7, 11) is -0.606. The van der Waals surface area contributed by atoms with Gasteiger partial charge in [0, 0.05) is 53.7 Å². The van der Waals surface area contributed by atoms with Gasteiger partial charge < -0.3 is 24.6 Å². The van der Waals surface area contributed by atoms with E-state index >= 15 is 0 Å². The third-order valence-electron chi connectivity index (χ3n) is 11.6. The summed E-state index contributed by atoms with van der Waals surface area (Å²) >= 11 is 1.57. The van der Waals surface area contributed by atoms with Gasteiger partial charge in [0.05, 0.1) is 40.3 Å². The van der Waals surface area contributed by atoms with Gasteiger partial charge in [-0.3, -0.25) is 14.3 Å². The van der Waals surface area contributed by atoms with Crippen LogP contribution in [0.4, 0.5) is 4.79 Å². The molecule has 290 valence electrons. The Hall–Kier alpha value is -4.24. The minimum Gasteiger partial charge on any atom is -0.496 e. The lowest BCUT2D eigenvalue weighted by Crippen LogP contribution is -2.58. The van der Waals surface area contributed by atoms with E-state index < -0.39 is 50.2 Å². The largest absolute Gasteiger partial charge is 0.496 e. The third kappa shape index (κ3) is 6.82. The number of aryl methyl sites for hydroxylation is 1. The number of aromatic nitrogens is 2. The standard InChI is InChI=1S/C39H50N6O7S2/c1-22(2)35-41-28(21-53-35)27-18-30(26-13-14-29(51-7)23(3)32(26)40-27)52-31-20-45-33(24(31)4)34(46)42-39(36(47)43-54(49,50)38(5)15-16-38)19-25(39)12-10-8-9-11-17-44(6)37(45)48/h10,12-14,18,21-22,24-25,31,33H,8-9,11,15-17,19-20H2,1-7H3,(H,42,46)(H,43,47)/b12-10-/t24-,25-,31+,33+,39-/m1/s1. The molecule has 4 heterocycles. The van der Waals surface area contributed by atoms with E-state index in [0.29, 0.717) is 42.1 Å². The molecule has 2 aromatic heterocycles. The molecule has 2 aliphatic carbocycles. The van der Waals surface area contributed by atoms with Gasteiger partial charge in [-0.05, 0) is 64.5 Å². The maximum absolute atomic E-state index is 14.5. The number of thiazole rings is 1. The van der Waals surface area contributed by atoms with Crippen LogP contribution >= 0.6 is 11.3 Å². The van der Waals surface area contributed by atoms with Gasteiger partial charge in [0.25, 0.3) is 5.91 Å². The number of hydrogen-bond donors (Lipinski definition) is 2. The normalized spacial score (nSPS) is 27.5. The number of amides is 4. The van der Waals surface area contributed by atoms with Gasteiger partial charge in [0.15, 0.2) is 0 Å². The quantitative estimate of drug-likeness (QED) is 0.281. The average molecular weight is 779 g/mol. The molecule has 1 saturated heterocycles.